The third-order valence-corrected chi connectivity index (χ3v) is 4.94. The predicted octanol–water partition coefficient (Wildman–Crippen LogP) is 2.79. The van der Waals surface area contributed by atoms with Gasteiger partial charge in [0.2, 0.25) is 10.0 Å². The molecule has 1 N–H and O–H groups in total. The number of ether oxygens (including phenoxy) is 1. The number of rotatable bonds is 5. The number of hydrogen-bond donors (Lipinski definition) is 1. The Bertz CT molecular complexity index is 913. The van der Waals surface area contributed by atoms with Gasteiger partial charge in [-0.1, -0.05) is 6.07 Å². The molecule has 0 heterocycles. The second-order valence-corrected chi connectivity index (χ2v) is 7.54. The van der Waals surface area contributed by atoms with Crippen molar-refractivity contribution in [2.24, 2.45) is 0 Å². The molecule has 2 aromatic rings. The molecule has 0 radical (unpaired) electrons. The van der Waals surface area contributed by atoms with Crippen LogP contribution in [0.4, 0.5) is 15.8 Å². The van der Waals surface area contributed by atoms with Crippen LogP contribution in [0.3, 0.4) is 0 Å². The van der Waals surface area contributed by atoms with Crippen LogP contribution in [0.15, 0.2) is 36.4 Å². The van der Waals surface area contributed by atoms with E-state index < -0.39 is 21.7 Å². The zero-order chi connectivity index (χ0) is 18.8. The highest BCUT2D eigenvalue weighted by molar-refractivity contribution is 7.92. The van der Waals surface area contributed by atoms with E-state index in [9.17, 15) is 17.6 Å². The lowest BCUT2D eigenvalue weighted by atomic mass is 10.1. The molecule has 1 amide bonds. The summed E-state index contributed by atoms with van der Waals surface area (Å²) >= 11 is 0. The largest absolute Gasteiger partial charge is 0.496 e. The number of amides is 1. The van der Waals surface area contributed by atoms with Crippen LogP contribution in [0.5, 0.6) is 5.75 Å². The Hall–Kier alpha value is -2.61. The van der Waals surface area contributed by atoms with E-state index in [4.69, 9.17) is 4.74 Å². The minimum atomic E-state index is -3.48. The topological polar surface area (TPSA) is 75.7 Å². The van der Waals surface area contributed by atoms with E-state index in [0.29, 0.717) is 16.9 Å². The summed E-state index contributed by atoms with van der Waals surface area (Å²) in [4.78, 5) is 12.6. The summed E-state index contributed by atoms with van der Waals surface area (Å²) in [6.45, 7) is 1.74. The molecule has 0 bridgehead atoms. The van der Waals surface area contributed by atoms with Gasteiger partial charge >= 0.3 is 0 Å². The average molecular weight is 366 g/mol. The molecule has 0 aliphatic heterocycles. The Balaban J connectivity index is 2.42. The average Bonchev–Trinajstić information content (AvgIpc) is 2.56. The second kappa shape index (κ2) is 7.10. The Morgan fingerprint density at radius 3 is 2.48 bits per heavy atom. The van der Waals surface area contributed by atoms with E-state index in [1.165, 1.54) is 44.5 Å². The number of nitrogens with one attached hydrogen (secondary N) is 1. The highest BCUT2D eigenvalue weighted by Gasteiger charge is 2.18. The maximum atomic E-state index is 13.4. The van der Waals surface area contributed by atoms with Crippen LogP contribution in [0.2, 0.25) is 0 Å². The fourth-order valence-corrected chi connectivity index (χ4v) is 2.68. The molecule has 0 aromatic heterocycles. The minimum absolute atomic E-state index is 0.138. The van der Waals surface area contributed by atoms with Gasteiger partial charge in [0.1, 0.15) is 11.6 Å². The van der Waals surface area contributed by atoms with Gasteiger partial charge in [-0.2, -0.15) is 0 Å². The monoisotopic (exact) mass is 366 g/mol. The van der Waals surface area contributed by atoms with Gasteiger partial charge in [-0.25, -0.2) is 12.8 Å². The molecule has 0 saturated carbocycles. The smallest absolute Gasteiger partial charge is 0.259 e. The maximum Gasteiger partial charge on any atom is 0.259 e. The van der Waals surface area contributed by atoms with Crippen molar-refractivity contribution in [3.63, 3.8) is 0 Å². The van der Waals surface area contributed by atoms with E-state index in [0.717, 1.165) is 10.6 Å². The van der Waals surface area contributed by atoms with Gasteiger partial charge in [0.25, 0.3) is 5.91 Å². The van der Waals surface area contributed by atoms with Crippen molar-refractivity contribution >= 4 is 27.3 Å². The number of hydrogen-bond acceptors (Lipinski definition) is 4. The predicted molar refractivity (Wildman–Crippen MR) is 95.3 cm³/mol. The molecule has 6 nitrogen and oxygen atoms in total. The van der Waals surface area contributed by atoms with Crippen LogP contribution in [-0.2, 0) is 10.0 Å². The van der Waals surface area contributed by atoms with Gasteiger partial charge < -0.3 is 10.1 Å². The van der Waals surface area contributed by atoms with Crippen LogP contribution in [-0.4, -0.2) is 34.7 Å². The van der Waals surface area contributed by atoms with Crippen LogP contribution < -0.4 is 14.4 Å². The fraction of sp³-hybridized carbons (Fsp3) is 0.235. The molecule has 8 heteroatoms. The number of nitrogens with zero attached hydrogens (tertiary/aromatic N) is 1. The number of halogens is 1. The SMILES string of the molecule is COc1ccc(N(C)S(C)(=O)=O)cc1C(=O)Nc1cc(F)ccc1C. The van der Waals surface area contributed by atoms with Gasteiger partial charge in [0.05, 0.1) is 24.6 Å². The highest BCUT2D eigenvalue weighted by Crippen LogP contribution is 2.27. The quantitative estimate of drug-likeness (QED) is 0.883. The molecule has 0 aliphatic rings. The minimum Gasteiger partial charge on any atom is -0.496 e. The molecule has 0 fully saturated rings. The summed E-state index contributed by atoms with van der Waals surface area (Å²) in [6.07, 6.45) is 1.06. The number of benzene rings is 2. The van der Waals surface area contributed by atoms with Crippen molar-refractivity contribution in [1.29, 1.82) is 0 Å². The first-order valence-electron chi connectivity index (χ1n) is 7.33. The van der Waals surface area contributed by atoms with Crippen molar-refractivity contribution in [3.05, 3.63) is 53.3 Å². The molecule has 0 saturated heterocycles. The van der Waals surface area contributed by atoms with E-state index in [-0.39, 0.29) is 11.3 Å². The number of sulfonamides is 1. The molecular formula is C17H19FN2O4S. The zero-order valence-corrected chi connectivity index (χ0v) is 15.1. The standard InChI is InChI=1S/C17H19FN2O4S/c1-11-5-6-12(18)9-15(11)19-17(21)14-10-13(7-8-16(14)24-3)20(2)25(4,22)23/h5-10H,1-4H3,(H,19,21). The molecule has 0 atom stereocenters. The number of methoxy groups -OCH3 is 1. The number of aryl methyl sites for hydroxylation is 1. The highest BCUT2D eigenvalue weighted by atomic mass is 32.2. The Kier molecular flexibility index (Phi) is 5.32. The summed E-state index contributed by atoms with van der Waals surface area (Å²) in [7, 11) is -0.691. The first kappa shape index (κ1) is 18.7. The summed E-state index contributed by atoms with van der Waals surface area (Å²) in [5, 5.41) is 2.62. The molecule has 0 aliphatic carbocycles. The molecule has 0 unspecified atom stereocenters. The Morgan fingerprint density at radius 1 is 1.20 bits per heavy atom. The summed E-state index contributed by atoms with van der Waals surface area (Å²) < 4.78 is 43.0. The molecule has 25 heavy (non-hydrogen) atoms. The molecule has 2 aromatic carbocycles. The van der Waals surface area contributed by atoms with Crippen LogP contribution >= 0.6 is 0 Å². The lowest BCUT2D eigenvalue weighted by Gasteiger charge is -2.19. The van der Waals surface area contributed by atoms with Crippen molar-refractivity contribution in [2.45, 2.75) is 6.92 Å². The van der Waals surface area contributed by atoms with Crippen LogP contribution in [0.1, 0.15) is 15.9 Å². The van der Waals surface area contributed by atoms with Crippen molar-refractivity contribution < 1.29 is 22.3 Å². The fourth-order valence-electron chi connectivity index (χ4n) is 2.18. The first-order chi connectivity index (χ1) is 11.6. The Morgan fingerprint density at radius 2 is 1.88 bits per heavy atom. The third kappa shape index (κ3) is 4.27. The summed E-state index contributed by atoms with van der Waals surface area (Å²) in [6, 6.07) is 8.51. The van der Waals surface area contributed by atoms with Crippen LogP contribution in [0.25, 0.3) is 0 Å². The van der Waals surface area contributed by atoms with Gasteiger partial charge in [-0.15, -0.1) is 0 Å². The van der Waals surface area contributed by atoms with Gasteiger partial charge in [0.15, 0.2) is 0 Å². The second-order valence-electron chi connectivity index (χ2n) is 5.53. The van der Waals surface area contributed by atoms with Crippen molar-refractivity contribution in [2.75, 3.05) is 30.0 Å². The third-order valence-electron chi connectivity index (χ3n) is 3.74. The number of anilines is 2. The van der Waals surface area contributed by atoms with Gasteiger partial charge in [-0.05, 0) is 42.8 Å². The zero-order valence-electron chi connectivity index (χ0n) is 14.3. The molecular weight excluding hydrogens is 347 g/mol. The molecule has 2 rings (SSSR count). The van der Waals surface area contributed by atoms with E-state index in [1.807, 2.05) is 0 Å². The number of carbonyl (C=O) groups is 1. The van der Waals surface area contributed by atoms with Crippen LogP contribution in [0, 0.1) is 12.7 Å². The first-order valence-corrected chi connectivity index (χ1v) is 9.17. The molecule has 134 valence electrons. The van der Waals surface area contributed by atoms with Crippen molar-refractivity contribution in [1.82, 2.24) is 0 Å². The van der Waals surface area contributed by atoms with Gasteiger partial charge in [-0.3, -0.25) is 9.10 Å². The number of carbonyl (C=O) groups excluding carboxylic acids is 1. The summed E-state index contributed by atoms with van der Waals surface area (Å²) in [5.74, 6) is -0.732. The van der Waals surface area contributed by atoms with Crippen molar-refractivity contribution in [3.8, 4) is 5.75 Å². The molecule has 0 spiro atoms. The maximum absolute atomic E-state index is 13.4. The van der Waals surface area contributed by atoms with E-state index in [1.54, 1.807) is 13.0 Å². The normalized spacial score (nSPS) is 11.1. The van der Waals surface area contributed by atoms with E-state index in [2.05, 4.69) is 5.32 Å². The Labute approximate surface area is 146 Å². The van der Waals surface area contributed by atoms with Gasteiger partial charge in [0, 0.05) is 12.7 Å². The summed E-state index contributed by atoms with van der Waals surface area (Å²) in [5.41, 5.74) is 1.47. The van der Waals surface area contributed by atoms with E-state index >= 15 is 0 Å². The lowest BCUT2D eigenvalue weighted by Crippen LogP contribution is -2.25. The lowest BCUT2D eigenvalue weighted by molar-refractivity contribution is 0.102.